The van der Waals surface area contributed by atoms with E-state index in [2.05, 4.69) is 36.4 Å². The molecule has 10 heteroatoms. The number of nitrogens with zero attached hydrogens (tertiary/aromatic N) is 1. The van der Waals surface area contributed by atoms with Gasteiger partial charge in [-0.25, -0.2) is 4.39 Å². The minimum atomic E-state index is -0.855. The largest absolute Gasteiger partial charge is 0.484 e. The highest BCUT2D eigenvalue weighted by molar-refractivity contribution is 7.94. The van der Waals surface area contributed by atoms with Crippen molar-refractivity contribution in [1.82, 2.24) is 10.6 Å². The molecule has 28 heavy (non-hydrogen) atoms. The van der Waals surface area contributed by atoms with Gasteiger partial charge in [0.05, 0.1) is 17.0 Å². The molecule has 0 aliphatic carbocycles. The Morgan fingerprint density at radius 3 is 2.79 bits per heavy atom. The van der Waals surface area contributed by atoms with Crippen LogP contribution < -0.4 is 10.6 Å². The number of carbonyl (C=O) groups is 2. The van der Waals surface area contributed by atoms with Gasteiger partial charge in [0.25, 0.3) is 11.8 Å². The summed E-state index contributed by atoms with van der Waals surface area (Å²) in [7, 11) is 0. The van der Waals surface area contributed by atoms with E-state index in [4.69, 9.17) is 25.8 Å². The standard InChI is InChI=1S/C18H21ClFN3O4S/c1-11(23-18(25)17-14(9-21)5-7-28-27-17)4-6-22-16(24)10-26-12(2)8-15(20)13(3)19/h8,14,17H,1-7,10H2,(H,22,24)(H,23,25)/b15-8+. The molecule has 0 aromatic rings. The van der Waals surface area contributed by atoms with E-state index in [-0.39, 0.29) is 30.4 Å². The summed E-state index contributed by atoms with van der Waals surface area (Å²) in [6.45, 7) is 10.2. The topological polar surface area (TPSA) is 100 Å². The first kappa shape index (κ1) is 23.8. The van der Waals surface area contributed by atoms with Gasteiger partial charge in [-0.15, -0.1) is 0 Å². The third kappa shape index (κ3) is 8.61. The summed E-state index contributed by atoms with van der Waals surface area (Å²) in [6, 6.07) is 2.06. The molecule has 0 saturated carbocycles. The highest BCUT2D eigenvalue weighted by Gasteiger charge is 2.33. The van der Waals surface area contributed by atoms with Gasteiger partial charge in [-0.2, -0.15) is 5.26 Å². The Balaban J connectivity index is 2.28. The van der Waals surface area contributed by atoms with Gasteiger partial charge in [0.1, 0.15) is 11.6 Å². The van der Waals surface area contributed by atoms with E-state index < -0.39 is 29.7 Å². The van der Waals surface area contributed by atoms with Crippen molar-refractivity contribution in [2.75, 3.05) is 18.9 Å². The fraction of sp³-hybridized carbons (Fsp3) is 0.389. The Labute approximate surface area is 172 Å². The van der Waals surface area contributed by atoms with Crippen LogP contribution in [-0.2, 0) is 18.5 Å². The molecule has 1 rings (SSSR count). The van der Waals surface area contributed by atoms with Gasteiger partial charge in [-0.1, -0.05) is 31.3 Å². The number of amides is 2. The van der Waals surface area contributed by atoms with Gasteiger partial charge in [0.2, 0.25) is 0 Å². The molecule has 2 N–H and O–H groups in total. The van der Waals surface area contributed by atoms with Crippen LogP contribution in [-0.4, -0.2) is 36.8 Å². The predicted molar refractivity (Wildman–Crippen MR) is 105 cm³/mol. The maximum absolute atomic E-state index is 13.2. The van der Waals surface area contributed by atoms with E-state index >= 15 is 0 Å². The molecule has 2 amide bonds. The van der Waals surface area contributed by atoms with Crippen LogP contribution in [0.4, 0.5) is 4.39 Å². The van der Waals surface area contributed by atoms with Crippen molar-refractivity contribution in [2.45, 2.75) is 18.9 Å². The average molecular weight is 430 g/mol. The average Bonchev–Trinajstić information content (AvgIpc) is 2.66. The molecule has 0 aromatic heterocycles. The van der Waals surface area contributed by atoms with Crippen LogP contribution in [0.3, 0.4) is 0 Å². The van der Waals surface area contributed by atoms with Crippen LogP contribution in [0, 0.1) is 17.2 Å². The van der Waals surface area contributed by atoms with Gasteiger partial charge < -0.3 is 19.6 Å². The number of allylic oxidation sites excluding steroid dienone is 3. The lowest BCUT2D eigenvalue weighted by Gasteiger charge is -2.25. The molecule has 2 atom stereocenters. The Bertz CT molecular complexity index is 720. The SMILES string of the molecule is C=C(CCNC(=O)COC(=C)/C=C(/F)C(=C)Cl)NC(=O)C1OSCCC1C#N. The number of nitriles is 1. The number of carbonyl (C=O) groups excluding carboxylic acids is 2. The first-order chi connectivity index (χ1) is 13.2. The lowest BCUT2D eigenvalue weighted by molar-refractivity contribution is -0.128. The first-order valence-corrected chi connectivity index (χ1v) is 9.50. The van der Waals surface area contributed by atoms with Crippen molar-refractivity contribution in [3.05, 3.63) is 48.1 Å². The van der Waals surface area contributed by atoms with Crippen LogP contribution in [0.1, 0.15) is 12.8 Å². The van der Waals surface area contributed by atoms with Crippen LogP contribution in [0.2, 0.25) is 0 Å². The van der Waals surface area contributed by atoms with Gasteiger partial charge in [0.15, 0.2) is 12.7 Å². The fourth-order valence-electron chi connectivity index (χ4n) is 2.00. The molecule has 0 bridgehead atoms. The maximum atomic E-state index is 13.2. The molecule has 0 aromatic carbocycles. The summed E-state index contributed by atoms with van der Waals surface area (Å²) in [5.41, 5.74) is 0.372. The quantitative estimate of drug-likeness (QED) is 0.314. The molecule has 1 fully saturated rings. The Hall–Kier alpha value is -2.28. The zero-order valence-electron chi connectivity index (χ0n) is 15.1. The van der Waals surface area contributed by atoms with Crippen molar-refractivity contribution in [3.8, 4) is 6.07 Å². The van der Waals surface area contributed by atoms with Crippen LogP contribution in [0.5, 0.6) is 0 Å². The normalized spacial score (nSPS) is 19.1. The number of hydrogen-bond acceptors (Lipinski definition) is 6. The summed E-state index contributed by atoms with van der Waals surface area (Å²) in [6.07, 6.45) is 0.911. The lowest BCUT2D eigenvalue weighted by atomic mass is 10.0. The number of ether oxygens (including phenoxy) is 1. The minimum absolute atomic E-state index is 0.0801. The van der Waals surface area contributed by atoms with Crippen molar-refractivity contribution in [2.24, 2.45) is 5.92 Å². The van der Waals surface area contributed by atoms with Gasteiger partial charge in [-0.3, -0.25) is 9.59 Å². The molecule has 7 nitrogen and oxygen atoms in total. The van der Waals surface area contributed by atoms with Gasteiger partial charge in [0, 0.05) is 30.5 Å². The monoisotopic (exact) mass is 429 g/mol. The summed E-state index contributed by atoms with van der Waals surface area (Å²) in [4.78, 5) is 23.8. The molecule has 0 spiro atoms. The van der Waals surface area contributed by atoms with Crippen molar-refractivity contribution >= 4 is 35.5 Å². The molecule has 0 radical (unpaired) electrons. The fourth-order valence-corrected chi connectivity index (χ4v) is 2.87. The number of halogens is 2. The Kier molecular flexibility index (Phi) is 10.4. The van der Waals surface area contributed by atoms with Gasteiger partial charge >= 0.3 is 0 Å². The molecule has 152 valence electrons. The highest BCUT2D eigenvalue weighted by atomic mass is 35.5. The maximum Gasteiger partial charge on any atom is 0.257 e. The smallest absolute Gasteiger partial charge is 0.257 e. The van der Waals surface area contributed by atoms with E-state index in [1.807, 2.05) is 0 Å². The van der Waals surface area contributed by atoms with E-state index in [9.17, 15) is 14.0 Å². The van der Waals surface area contributed by atoms with Crippen molar-refractivity contribution in [3.63, 3.8) is 0 Å². The summed E-state index contributed by atoms with van der Waals surface area (Å²) in [5.74, 6) is -1.64. The van der Waals surface area contributed by atoms with E-state index in [1.165, 1.54) is 0 Å². The van der Waals surface area contributed by atoms with Crippen LogP contribution in [0.25, 0.3) is 0 Å². The number of rotatable bonds is 10. The van der Waals surface area contributed by atoms with Crippen LogP contribution in [0.15, 0.2) is 48.1 Å². The second-order valence-corrected chi connectivity index (χ2v) is 7.00. The molecule has 2 unspecified atom stereocenters. The van der Waals surface area contributed by atoms with E-state index in [1.54, 1.807) is 0 Å². The van der Waals surface area contributed by atoms with Crippen molar-refractivity contribution in [1.29, 1.82) is 5.26 Å². The molecular weight excluding hydrogens is 409 g/mol. The predicted octanol–water partition coefficient (Wildman–Crippen LogP) is 2.84. The van der Waals surface area contributed by atoms with E-state index in [0.717, 1.165) is 18.1 Å². The zero-order chi connectivity index (χ0) is 21.1. The molecule has 1 aliphatic heterocycles. The second kappa shape index (κ2) is 12.2. The first-order valence-electron chi connectivity index (χ1n) is 8.21. The third-order valence-corrected chi connectivity index (χ3v) is 4.38. The van der Waals surface area contributed by atoms with Crippen molar-refractivity contribution < 1.29 is 22.9 Å². The summed E-state index contributed by atoms with van der Waals surface area (Å²) in [5, 5.41) is 13.9. The molecule has 1 heterocycles. The minimum Gasteiger partial charge on any atom is -0.484 e. The third-order valence-electron chi connectivity index (χ3n) is 3.46. The lowest BCUT2D eigenvalue weighted by Crippen LogP contribution is -2.41. The summed E-state index contributed by atoms with van der Waals surface area (Å²) >= 11 is 6.51. The number of nitrogens with one attached hydrogen (secondary N) is 2. The van der Waals surface area contributed by atoms with Crippen LogP contribution >= 0.6 is 23.6 Å². The van der Waals surface area contributed by atoms with E-state index in [0.29, 0.717) is 17.9 Å². The Morgan fingerprint density at radius 1 is 1.43 bits per heavy atom. The Morgan fingerprint density at radius 2 is 2.14 bits per heavy atom. The summed E-state index contributed by atoms with van der Waals surface area (Å²) < 4.78 is 23.5. The number of hydrogen-bond donors (Lipinski definition) is 2. The second-order valence-electron chi connectivity index (χ2n) is 5.71. The molecule has 1 aliphatic rings. The molecule has 1 saturated heterocycles. The highest BCUT2D eigenvalue weighted by Crippen LogP contribution is 2.26. The zero-order valence-corrected chi connectivity index (χ0v) is 16.7. The van der Waals surface area contributed by atoms with Gasteiger partial charge in [-0.05, 0) is 18.5 Å². The molecular formula is C18H21ClFN3O4S.